The molecule has 0 aliphatic rings. The molecule has 0 saturated carbocycles. The third-order valence-corrected chi connectivity index (χ3v) is 6.87. The number of nitrogens with one attached hydrogen (secondary N) is 1. The molecule has 0 aliphatic heterocycles. The van der Waals surface area contributed by atoms with Gasteiger partial charge in [-0.25, -0.2) is 4.57 Å². The van der Waals surface area contributed by atoms with Gasteiger partial charge >= 0.3 is 5.13 Å². The molecule has 0 aliphatic carbocycles. The van der Waals surface area contributed by atoms with Crippen molar-refractivity contribution in [3.63, 3.8) is 0 Å². The van der Waals surface area contributed by atoms with Crippen LogP contribution in [0.15, 0.2) is 24.3 Å². The predicted octanol–water partition coefficient (Wildman–Crippen LogP) is 3.93. The first-order valence-corrected chi connectivity index (χ1v) is 11.8. The van der Waals surface area contributed by atoms with E-state index >= 15 is 0 Å². The van der Waals surface area contributed by atoms with Gasteiger partial charge in [-0.05, 0) is 50.0 Å². The molecule has 2 aromatic carbocycles. The first-order chi connectivity index (χ1) is 13.7. The molecule has 2 N–H and O–H groups in total. The van der Waals surface area contributed by atoms with Gasteiger partial charge in [0.05, 0.1) is 17.8 Å². The number of phenols is 1. The standard InChI is InChI=1S/C24H34N2OS.ClH/c1-4-6-8-12-16-25-24-26(17-13-9-7-5-2)21-19-14-10-11-15-20(19)22(27)18(3)23(21)28-24;/h10-11,14-15,27H,4-9,12-13,16-17H2,1-3H3;1H. The number of benzene rings is 2. The number of hydrogen-bond donors (Lipinski definition) is 2. The van der Waals surface area contributed by atoms with Crippen molar-refractivity contribution < 1.29 is 22.1 Å². The quantitative estimate of drug-likeness (QED) is 0.354. The van der Waals surface area contributed by atoms with Crippen molar-refractivity contribution in [1.82, 2.24) is 0 Å². The van der Waals surface area contributed by atoms with Crippen molar-refractivity contribution in [2.24, 2.45) is 0 Å². The Morgan fingerprint density at radius 2 is 1.59 bits per heavy atom. The summed E-state index contributed by atoms with van der Waals surface area (Å²) in [5.41, 5.74) is 2.28. The van der Waals surface area contributed by atoms with E-state index in [0.717, 1.165) is 29.4 Å². The summed E-state index contributed by atoms with van der Waals surface area (Å²) >= 11 is 1.80. The summed E-state index contributed by atoms with van der Waals surface area (Å²) in [5, 5.41) is 17.8. The lowest BCUT2D eigenvalue weighted by Crippen LogP contribution is -3.00. The Bertz CT molecular complexity index is 922. The summed E-state index contributed by atoms with van der Waals surface area (Å²) in [6, 6.07) is 8.27. The van der Waals surface area contributed by atoms with Crippen LogP contribution in [0.25, 0.3) is 21.0 Å². The topological polar surface area (TPSA) is 36.1 Å². The molecule has 5 heteroatoms. The lowest BCUT2D eigenvalue weighted by atomic mass is 10.0. The molecule has 1 aromatic heterocycles. The summed E-state index contributed by atoms with van der Waals surface area (Å²) in [4.78, 5) is 0. The number of thiazole rings is 1. The van der Waals surface area contributed by atoms with Gasteiger partial charge in [0.25, 0.3) is 0 Å². The van der Waals surface area contributed by atoms with Crippen LogP contribution in [0.2, 0.25) is 0 Å². The maximum Gasteiger partial charge on any atom is 0.334 e. The minimum atomic E-state index is 0. The first-order valence-electron chi connectivity index (χ1n) is 11.0. The van der Waals surface area contributed by atoms with Crippen molar-refractivity contribution in [2.45, 2.75) is 78.7 Å². The van der Waals surface area contributed by atoms with Crippen LogP contribution in [0.4, 0.5) is 5.13 Å². The highest BCUT2D eigenvalue weighted by Crippen LogP contribution is 2.39. The third-order valence-electron chi connectivity index (χ3n) is 5.60. The average Bonchev–Trinajstić information content (AvgIpc) is 3.08. The maximum atomic E-state index is 10.8. The monoisotopic (exact) mass is 434 g/mol. The Balaban J connectivity index is 0.00000300. The zero-order valence-electron chi connectivity index (χ0n) is 18.1. The molecule has 0 radical (unpaired) electrons. The Morgan fingerprint density at radius 3 is 2.28 bits per heavy atom. The molecule has 0 unspecified atom stereocenters. The number of halogens is 1. The molecular weight excluding hydrogens is 400 g/mol. The maximum absolute atomic E-state index is 10.8. The normalized spacial score (nSPS) is 11.1. The molecule has 29 heavy (non-hydrogen) atoms. The van der Waals surface area contributed by atoms with Crippen molar-refractivity contribution in [1.29, 1.82) is 0 Å². The fourth-order valence-corrected chi connectivity index (χ4v) is 5.17. The summed E-state index contributed by atoms with van der Waals surface area (Å²) < 4.78 is 3.69. The zero-order chi connectivity index (χ0) is 19.9. The highest BCUT2D eigenvalue weighted by molar-refractivity contribution is 7.22. The van der Waals surface area contributed by atoms with Crippen molar-refractivity contribution in [3.8, 4) is 5.75 Å². The van der Waals surface area contributed by atoms with Gasteiger partial charge in [-0.1, -0.05) is 57.7 Å². The van der Waals surface area contributed by atoms with Gasteiger partial charge in [0.15, 0.2) is 5.52 Å². The molecule has 0 fully saturated rings. The van der Waals surface area contributed by atoms with E-state index in [9.17, 15) is 5.11 Å². The van der Waals surface area contributed by atoms with Crippen LogP contribution >= 0.6 is 11.3 Å². The largest absolute Gasteiger partial charge is 1.00 e. The van der Waals surface area contributed by atoms with E-state index in [-0.39, 0.29) is 12.4 Å². The van der Waals surface area contributed by atoms with Crippen molar-refractivity contribution >= 4 is 37.5 Å². The number of phenolic OH excluding ortho intramolecular Hbond substituents is 1. The van der Waals surface area contributed by atoms with Crippen LogP contribution in [0.5, 0.6) is 5.75 Å². The molecule has 0 bridgehead atoms. The first kappa shape index (κ1) is 23.8. The molecule has 0 amide bonds. The fraction of sp³-hybridized carbons (Fsp3) is 0.542. The minimum absolute atomic E-state index is 0. The number of fused-ring (bicyclic) bond motifs is 3. The highest BCUT2D eigenvalue weighted by atomic mass is 35.5. The molecule has 1 heterocycles. The van der Waals surface area contributed by atoms with E-state index in [0.29, 0.717) is 5.75 Å². The molecule has 3 aromatic rings. The lowest BCUT2D eigenvalue weighted by Gasteiger charge is -2.08. The van der Waals surface area contributed by atoms with Crippen LogP contribution in [-0.2, 0) is 6.54 Å². The number of hydrogen-bond acceptors (Lipinski definition) is 3. The van der Waals surface area contributed by atoms with Crippen LogP contribution < -0.4 is 22.3 Å². The summed E-state index contributed by atoms with van der Waals surface area (Å²) in [7, 11) is 0. The second kappa shape index (κ2) is 11.6. The third kappa shape index (κ3) is 5.35. The fourth-order valence-electron chi connectivity index (χ4n) is 3.94. The molecule has 0 spiro atoms. The van der Waals surface area contributed by atoms with Crippen molar-refractivity contribution in [3.05, 3.63) is 29.8 Å². The van der Waals surface area contributed by atoms with Gasteiger partial charge in [0, 0.05) is 16.3 Å². The minimum Gasteiger partial charge on any atom is -1.00 e. The number of nitrogens with zero attached hydrogens (tertiary/aromatic N) is 1. The Hall–Kier alpha value is -1.52. The van der Waals surface area contributed by atoms with E-state index in [1.54, 1.807) is 11.3 Å². The highest BCUT2D eigenvalue weighted by Gasteiger charge is 2.23. The van der Waals surface area contributed by atoms with Crippen LogP contribution in [-0.4, -0.2) is 11.7 Å². The van der Waals surface area contributed by atoms with Gasteiger partial charge in [0.2, 0.25) is 0 Å². The summed E-state index contributed by atoms with van der Waals surface area (Å²) in [6.45, 7) is 8.61. The number of aryl methyl sites for hydroxylation is 2. The molecule has 0 saturated heterocycles. The molecule has 160 valence electrons. The Labute approximate surface area is 185 Å². The smallest absolute Gasteiger partial charge is 0.334 e. The number of anilines is 1. The van der Waals surface area contributed by atoms with E-state index in [4.69, 9.17) is 0 Å². The molecular formula is C24H35ClN2OS. The van der Waals surface area contributed by atoms with E-state index < -0.39 is 0 Å². The molecule has 0 atom stereocenters. The summed E-state index contributed by atoms with van der Waals surface area (Å²) in [6.07, 6.45) is 10.1. The Morgan fingerprint density at radius 1 is 0.931 bits per heavy atom. The van der Waals surface area contributed by atoms with Gasteiger partial charge in [-0.15, -0.1) is 0 Å². The van der Waals surface area contributed by atoms with Gasteiger partial charge < -0.3 is 17.5 Å². The Kier molecular flexibility index (Phi) is 9.51. The number of aromatic nitrogens is 1. The SMILES string of the molecule is CCCCCCNc1sc2c(C)c(O)c3ccccc3c2[n+]1CCCCCC.[Cl-]. The second-order valence-electron chi connectivity index (χ2n) is 7.80. The van der Waals surface area contributed by atoms with Crippen LogP contribution in [0.1, 0.15) is 70.8 Å². The van der Waals surface area contributed by atoms with Gasteiger partial charge in [0.1, 0.15) is 5.75 Å². The van der Waals surface area contributed by atoms with Crippen LogP contribution in [0, 0.1) is 6.92 Å². The van der Waals surface area contributed by atoms with Crippen LogP contribution in [0.3, 0.4) is 0 Å². The average molecular weight is 435 g/mol. The van der Waals surface area contributed by atoms with Gasteiger partial charge in [-0.2, -0.15) is 0 Å². The summed E-state index contributed by atoms with van der Waals surface area (Å²) in [5.74, 6) is 0.428. The molecule has 3 nitrogen and oxygen atoms in total. The lowest BCUT2D eigenvalue weighted by molar-refractivity contribution is -0.653. The van der Waals surface area contributed by atoms with Crippen molar-refractivity contribution in [2.75, 3.05) is 11.9 Å². The number of aromatic hydroxyl groups is 1. The van der Waals surface area contributed by atoms with E-state index in [1.165, 1.54) is 66.7 Å². The number of unbranched alkanes of at least 4 members (excludes halogenated alkanes) is 6. The van der Waals surface area contributed by atoms with E-state index in [2.05, 4.69) is 35.9 Å². The van der Waals surface area contributed by atoms with E-state index in [1.807, 2.05) is 19.1 Å². The molecule has 3 rings (SSSR count). The predicted molar refractivity (Wildman–Crippen MR) is 123 cm³/mol. The zero-order valence-corrected chi connectivity index (χ0v) is 19.6. The number of rotatable bonds is 11. The second-order valence-corrected chi connectivity index (χ2v) is 8.80. The van der Waals surface area contributed by atoms with Gasteiger partial charge in [-0.3, -0.25) is 5.32 Å².